The summed E-state index contributed by atoms with van der Waals surface area (Å²) in [7, 11) is 0. The number of benzene rings is 3. The van der Waals surface area contributed by atoms with Crippen molar-refractivity contribution in [3.8, 4) is 11.5 Å². The Kier molecular flexibility index (Phi) is 8.81. The van der Waals surface area contributed by atoms with Crippen molar-refractivity contribution < 1.29 is 45.0 Å². The van der Waals surface area contributed by atoms with Gasteiger partial charge in [0.15, 0.2) is 11.6 Å². The number of halogens is 8. The fourth-order valence-corrected chi connectivity index (χ4v) is 3.51. The number of rotatable bonds is 8. The summed E-state index contributed by atoms with van der Waals surface area (Å²) in [5.41, 5.74) is -1.42. The lowest BCUT2D eigenvalue weighted by Gasteiger charge is -2.23. The molecule has 3 aromatic rings. The van der Waals surface area contributed by atoms with Gasteiger partial charge in [-0.2, -0.15) is 26.3 Å². The SMILES string of the molecule is CC(C)C(Nc1ccc(C(F)(F)F)cc1Cl)C(=O)OCc1ccc(F)c(Oc2ccc(C(F)(F)F)cc2)c1. The monoisotopic (exact) mass is 563 g/mol. The number of hydrogen-bond donors (Lipinski definition) is 1. The van der Waals surface area contributed by atoms with Gasteiger partial charge < -0.3 is 14.8 Å². The Morgan fingerprint density at radius 1 is 0.895 bits per heavy atom. The number of alkyl halides is 6. The zero-order valence-electron chi connectivity index (χ0n) is 19.9. The number of carbonyl (C=O) groups is 1. The summed E-state index contributed by atoms with van der Waals surface area (Å²) in [4.78, 5) is 12.8. The van der Waals surface area contributed by atoms with Gasteiger partial charge in [0.05, 0.1) is 21.8 Å². The Morgan fingerprint density at radius 3 is 2.05 bits per heavy atom. The summed E-state index contributed by atoms with van der Waals surface area (Å²) in [6.45, 7) is 3.06. The van der Waals surface area contributed by atoms with Crippen LogP contribution in [0.2, 0.25) is 5.02 Å². The molecule has 3 rings (SSSR count). The highest BCUT2D eigenvalue weighted by molar-refractivity contribution is 6.33. The van der Waals surface area contributed by atoms with E-state index >= 15 is 0 Å². The summed E-state index contributed by atoms with van der Waals surface area (Å²) in [5, 5.41) is 2.56. The Bertz CT molecular complexity index is 1280. The quantitative estimate of drug-likeness (QED) is 0.220. The van der Waals surface area contributed by atoms with Crippen molar-refractivity contribution in [2.75, 3.05) is 5.32 Å². The van der Waals surface area contributed by atoms with Crippen LogP contribution in [-0.2, 0) is 28.5 Å². The average molecular weight is 564 g/mol. The molecule has 38 heavy (non-hydrogen) atoms. The maximum atomic E-state index is 14.2. The normalized spacial score (nSPS) is 12.8. The number of hydrogen-bond acceptors (Lipinski definition) is 4. The van der Waals surface area contributed by atoms with E-state index in [0.717, 1.165) is 48.5 Å². The van der Waals surface area contributed by atoms with Gasteiger partial charge in [0.2, 0.25) is 0 Å². The molecule has 12 heteroatoms. The summed E-state index contributed by atoms with van der Waals surface area (Å²) < 4.78 is 102. The Balaban J connectivity index is 1.68. The van der Waals surface area contributed by atoms with Crippen molar-refractivity contribution in [3.63, 3.8) is 0 Å². The third-order valence-corrected chi connectivity index (χ3v) is 5.63. The highest BCUT2D eigenvalue weighted by Gasteiger charge is 2.32. The second kappa shape index (κ2) is 11.5. The first-order valence-electron chi connectivity index (χ1n) is 11.1. The lowest BCUT2D eigenvalue weighted by atomic mass is 10.0. The van der Waals surface area contributed by atoms with E-state index in [1.54, 1.807) is 13.8 Å². The van der Waals surface area contributed by atoms with E-state index in [2.05, 4.69) is 5.32 Å². The molecule has 0 saturated carbocycles. The van der Waals surface area contributed by atoms with Crippen molar-refractivity contribution >= 4 is 23.3 Å². The van der Waals surface area contributed by atoms with Crippen molar-refractivity contribution in [2.45, 2.75) is 38.8 Å². The van der Waals surface area contributed by atoms with Crippen LogP contribution in [0.1, 0.15) is 30.5 Å². The fraction of sp³-hybridized carbons (Fsp3) is 0.269. The van der Waals surface area contributed by atoms with E-state index in [0.29, 0.717) is 5.56 Å². The van der Waals surface area contributed by atoms with Crippen molar-refractivity contribution in [3.05, 3.63) is 88.2 Å². The van der Waals surface area contributed by atoms with Crippen LogP contribution in [0.15, 0.2) is 60.7 Å². The first kappa shape index (κ1) is 29.1. The number of carbonyl (C=O) groups excluding carboxylic acids is 1. The van der Waals surface area contributed by atoms with Gasteiger partial charge in [-0.05, 0) is 66.1 Å². The summed E-state index contributed by atoms with van der Waals surface area (Å²) in [6.07, 6.45) is -9.11. The second-order valence-electron chi connectivity index (χ2n) is 8.56. The van der Waals surface area contributed by atoms with Crippen LogP contribution in [-0.4, -0.2) is 12.0 Å². The molecule has 1 unspecified atom stereocenters. The molecule has 0 spiro atoms. The maximum absolute atomic E-state index is 14.2. The molecule has 0 aliphatic carbocycles. The molecule has 0 fully saturated rings. The van der Waals surface area contributed by atoms with E-state index in [1.807, 2.05) is 0 Å². The zero-order chi connectivity index (χ0) is 28.3. The van der Waals surface area contributed by atoms with Crippen LogP contribution in [0, 0.1) is 11.7 Å². The van der Waals surface area contributed by atoms with Crippen LogP contribution < -0.4 is 10.1 Å². The van der Waals surface area contributed by atoms with E-state index in [1.165, 1.54) is 12.1 Å². The van der Waals surface area contributed by atoms with Crippen molar-refractivity contribution in [1.29, 1.82) is 0 Å². The van der Waals surface area contributed by atoms with Crippen molar-refractivity contribution in [2.24, 2.45) is 5.92 Å². The summed E-state index contributed by atoms with van der Waals surface area (Å²) >= 11 is 5.97. The molecule has 0 heterocycles. The van der Waals surface area contributed by atoms with E-state index in [4.69, 9.17) is 21.1 Å². The Morgan fingerprint density at radius 2 is 1.50 bits per heavy atom. The summed E-state index contributed by atoms with van der Waals surface area (Å²) in [5.74, 6) is -2.23. The minimum Gasteiger partial charge on any atom is -0.459 e. The predicted octanol–water partition coefficient (Wildman–Crippen LogP) is 8.49. The van der Waals surface area contributed by atoms with Gasteiger partial charge >= 0.3 is 18.3 Å². The number of anilines is 1. The lowest BCUT2D eigenvalue weighted by molar-refractivity contribution is -0.147. The molecular weight excluding hydrogens is 543 g/mol. The molecule has 0 aliphatic rings. The fourth-order valence-electron chi connectivity index (χ4n) is 3.27. The van der Waals surface area contributed by atoms with Gasteiger partial charge in [0, 0.05) is 0 Å². The molecule has 0 radical (unpaired) electrons. The van der Waals surface area contributed by atoms with Gasteiger partial charge in [0.1, 0.15) is 18.4 Å². The Hall–Kier alpha value is -3.47. The van der Waals surface area contributed by atoms with E-state index in [-0.39, 0.29) is 34.7 Å². The highest BCUT2D eigenvalue weighted by atomic mass is 35.5. The van der Waals surface area contributed by atoms with Gasteiger partial charge in [-0.15, -0.1) is 0 Å². The largest absolute Gasteiger partial charge is 0.459 e. The molecule has 0 bridgehead atoms. The highest BCUT2D eigenvalue weighted by Crippen LogP contribution is 2.35. The first-order chi connectivity index (χ1) is 17.6. The molecule has 204 valence electrons. The molecule has 3 aromatic carbocycles. The maximum Gasteiger partial charge on any atom is 0.416 e. The average Bonchev–Trinajstić information content (AvgIpc) is 2.82. The van der Waals surface area contributed by atoms with Gasteiger partial charge in [0.25, 0.3) is 0 Å². The van der Waals surface area contributed by atoms with Crippen molar-refractivity contribution in [1.82, 2.24) is 0 Å². The first-order valence-corrected chi connectivity index (χ1v) is 11.5. The number of nitrogens with one attached hydrogen (secondary N) is 1. The third kappa shape index (κ3) is 7.53. The second-order valence-corrected chi connectivity index (χ2v) is 8.96. The smallest absolute Gasteiger partial charge is 0.416 e. The van der Waals surface area contributed by atoms with Gasteiger partial charge in [-0.1, -0.05) is 31.5 Å². The molecule has 0 aromatic heterocycles. The molecule has 1 atom stereocenters. The Labute approximate surface area is 218 Å². The van der Waals surface area contributed by atoms with Crippen LogP contribution in [0.5, 0.6) is 11.5 Å². The van der Waals surface area contributed by atoms with Crippen LogP contribution in [0.25, 0.3) is 0 Å². The topological polar surface area (TPSA) is 47.6 Å². The third-order valence-electron chi connectivity index (χ3n) is 5.31. The van der Waals surface area contributed by atoms with Crippen LogP contribution in [0.3, 0.4) is 0 Å². The number of esters is 1. The van der Waals surface area contributed by atoms with Crippen LogP contribution >= 0.6 is 11.6 Å². The minimum atomic E-state index is -4.58. The number of ether oxygens (including phenoxy) is 2. The van der Waals surface area contributed by atoms with E-state index < -0.39 is 41.3 Å². The molecular formula is C26H21ClF7NO3. The minimum absolute atomic E-state index is 0.0384. The molecule has 0 saturated heterocycles. The lowest BCUT2D eigenvalue weighted by Crippen LogP contribution is -2.36. The molecule has 1 N–H and O–H groups in total. The molecule has 4 nitrogen and oxygen atoms in total. The molecule has 0 aliphatic heterocycles. The predicted molar refractivity (Wildman–Crippen MR) is 126 cm³/mol. The van der Waals surface area contributed by atoms with E-state index in [9.17, 15) is 35.5 Å². The molecule has 0 amide bonds. The zero-order valence-corrected chi connectivity index (χ0v) is 20.6. The summed E-state index contributed by atoms with van der Waals surface area (Å²) in [6, 6.07) is 8.96. The van der Waals surface area contributed by atoms with Gasteiger partial charge in [-0.25, -0.2) is 9.18 Å². The van der Waals surface area contributed by atoms with Gasteiger partial charge in [-0.3, -0.25) is 0 Å². The van der Waals surface area contributed by atoms with Crippen LogP contribution in [0.4, 0.5) is 36.4 Å². The standard InChI is InChI=1S/C26H21ClF7NO3/c1-14(2)23(35-21-10-6-17(12-19(21)27)26(32,33)34)24(36)37-13-15-3-9-20(28)22(11-15)38-18-7-4-16(5-8-18)25(29,30)31/h3-12,14,23,35H,13H2,1-2H3.